The molecule has 0 saturated carbocycles. The number of aromatic hydroxyl groups is 4. The highest BCUT2D eigenvalue weighted by atomic mass is 16.3. The molecule has 7 heteroatoms. The number of nitrogens with one attached hydrogen (secondary N) is 1. The smallest absolute Gasteiger partial charge is 0.132 e. The lowest BCUT2D eigenvalue weighted by molar-refractivity contribution is 0.426. The highest BCUT2D eigenvalue weighted by molar-refractivity contribution is 6.05. The number of phenolic OH excluding ortho intramolecular Hbond substituents is 4. The molecule has 0 atom stereocenters. The summed E-state index contributed by atoms with van der Waals surface area (Å²) in [4.78, 5) is 3.97. The summed E-state index contributed by atoms with van der Waals surface area (Å²) in [6.07, 6.45) is 4.37. The van der Waals surface area contributed by atoms with Crippen LogP contribution in [0.3, 0.4) is 0 Å². The first-order chi connectivity index (χ1) is 13.5. The van der Waals surface area contributed by atoms with Crippen LogP contribution in [0.25, 0.3) is 0 Å². The number of pyridine rings is 1. The van der Waals surface area contributed by atoms with Gasteiger partial charge in [0.25, 0.3) is 0 Å². The van der Waals surface area contributed by atoms with Crippen molar-refractivity contribution in [2.75, 3.05) is 0 Å². The van der Waals surface area contributed by atoms with E-state index in [1.54, 1.807) is 36.7 Å². The minimum atomic E-state index is -0.257. The highest BCUT2D eigenvalue weighted by Gasteiger charge is 2.16. The van der Waals surface area contributed by atoms with E-state index in [9.17, 15) is 20.4 Å². The lowest BCUT2D eigenvalue weighted by Crippen LogP contribution is -2.13. The van der Waals surface area contributed by atoms with E-state index in [4.69, 9.17) is 0 Å². The lowest BCUT2D eigenvalue weighted by Gasteiger charge is -2.12. The molecule has 28 heavy (non-hydrogen) atoms. The Hall–Kier alpha value is -3.74. The van der Waals surface area contributed by atoms with Gasteiger partial charge >= 0.3 is 0 Å². The predicted octanol–water partition coefficient (Wildman–Crippen LogP) is 3.03. The van der Waals surface area contributed by atoms with Crippen molar-refractivity contribution in [1.82, 2.24) is 10.4 Å². The maximum atomic E-state index is 10.2. The lowest BCUT2D eigenvalue weighted by atomic mass is 10.00. The molecule has 0 fully saturated rings. The van der Waals surface area contributed by atoms with Crippen LogP contribution in [-0.4, -0.2) is 31.1 Å². The fourth-order valence-electron chi connectivity index (χ4n) is 2.78. The first kappa shape index (κ1) is 19.0. The van der Waals surface area contributed by atoms with Crippen molar-refractivity contribution in [2.24, 2.45) is 5.10 Å². The van der Waals surface area contributed by atoms with Gasteiger partial charge in [-0.3, -0.25) is 4.98 Å². The number of phenols is 4. The third-order valence-electron chi connectivity index (χ3n) is 4.20. The summed E-state index contributed by atoms with van der Waals surface area (Å²) in [7, 11) is 0. The Bertz CT molecular complexity index is 934. The third-order valence-corrected chi connectivity index (χ3v) is 4.20. The van der Waals surface area contributed by atoms with Crippen molar-refractivity contribution in [3.8, 4) is 23.0 Å². The van der Waals surface area contributed by atoms with Gasteiger partial charge in [-0.15, -0.1) is 0 Å². The average Bonchev–Trinajstić information content (AvgIpc) is 2.67. The van der Waals surface area contributed by atoms with E-state index in [0.717, 1.165) is 23.3 Å². The van der Waals surface area contributed by atoms with Crippen LogP contribution >= 0.6 is 0 Å². The topological polar surface area (TPSA) is 118 Å². The molecule has 0 saturated heterocycles. The van der Waals surface area contributed by atoms with Gasteiger partial charge in [0.2, 0.25) is 0 Å². The Morgan fingerprint density at radius 3 is 2.11 bits per heavy atom. The molecule has 0 spiro atoms. The number of hydrazone groups is 1. The second-order valence-electron chi connectivity index (χ2n) is 6.27. The predicted molar refractivity (Wildman–Crippen MR) is 105 cm³/mol. The van der Waals surface area contributed by atoms with Crippen LogP contribution < -0.4 is 5.43 Å². The molecule has 0 aliphatic heterocycles. The van der Waals surface area contributed by atoms with E-state index in [1.165, 1.54) is 0 Å². The van der Waals surface area contributed by atoms with Crippen molar-refractivity contribution >= 4 is 5.71 Å². The highest BCUT2D eigenvalue weighted by Crippen LogP contribution is 2.33. The van der Waals surface area contributed by atoms with Crippen LogP contribution in [0.4, 0.5) is 0 Å². The van der Waals surface area contributed by atoms with Gasteiger partial charge in [0.05, 0.1) is 17.8 Å². The Morgan fingerprint density at radius 1 is 0.821 bits per heavy atom. The molecule has 144 valence electrons. The minimum absolute atomic E-state index is 0.166. The summed E-state index contributed by atoms with van der Waals surface area (Å²) in [5, 5.41) is 43.8. The zero-order valence-electron chi connectivity index (χ0n) is 15.1. The standard InChI is InChI=1S/C21H21N3O4/c25-16-4-1-14(2-5-16)3-6-18(21-19(27)11-17(26)12-20(21)28)24-23-13-15-7-9-22-10-8-15/h1-2,4-5,7-12,23,25-28H,3,6,13H2. The van der Waals surface area contributed by atoms with E-state index in [1.807, 2.05) is 12.1 Å². The summed E-state index contributed by atoms with van der Waals surface area (Å²) < 4.78 is 0. The minimum Gasteiger partial charge on any atom is -0.508 e. The molecular formula is C21H21N3O4. The first-order valence-electron chi connectivity index (χ1n) is 8.74. The Morgan fingerprint density at radius 2 is 1.46 bits per heavy atom. The number of rotatable bonds is 7. The van der Waals surface area contributed by atoms with Crippen LogP contribution in [0, 0.1) is 0 Å². The van der Waals surface area contributed by atoms with Gasteiger partial charge in [-0.05, 0) is 48.2 Å². The van der Waals surface area contributed by atoms with E-state index in [2.05, 4.69) is 15.5 Å². The molecular weight excluding hydrogens is 358 g/mol. The van der Waals surface area contributed by atoms with Crippen molar-refractivity contribution in [2.45, 2.75) is 19.4 Å². The molecule has 0 radical (unpaired) electrons. The monoisotopic (exact) mass is 379 g/mol. The van der Waals surface area contributed by atoms with Gasteiger partial charge in [0.1, 0.15) is 23.0 Å². The van der Waals surface area contributed by atoms with Crippen LogP contribution in [0.2, 0.25) is 0 Å². The molecule has 0 amide bonds. The van der Waals surface area contributed by atoms with Crippen molar-refractivity contribution in [3.05, 3.63) is 77.6 Å². The number of aryl methyl sites for hydroxylation is 1. The molecule has 0 aliphatic carbocycles. The number of nitrogens with zero attached hydrogens (tertiary/aromatic N) is 2. The Balaban J connectivity index is 1.82. The summed E-state index contributed by atoms with van der Waals surface area (Å²) in [5.41, 5.74) is 5.51. The van der Waals surface area contributed by atoms with Crippen molar-refractivity contribution < 1.29 is 20.4 Å². The molecule has 0 bridgehead atoms. The normalized spacial score (nSPS) is 11.4. The summed E-state index contributed by atoms with van der Waals surface area (Å²) in [5.74, 6) is -0.563. The average molecular weight is 379 g/mol. The maximum Gasteiger partial charge on any atom is 0.132 e. The molecule has 0 aliphatic rings. The van der Waals surface area contributed by atoms with Gasteiger partial charge in [0, 0.05) is 24.5 Å². The fraction of sp³-hybridized carbons (Fsp3) is 0.143. The molecule has 5 N–H and O–H groups in total. The van der Waals surface area contributed by atoms with Gasteiger partial charge in [-0.2, -0.15) is 5.10 Å². The Kier molecular flexibility index (Phi) is 5.96. The van der Waals surface area contributed by atoms with Crippen LogP contribution in [0.1, 0.15) is 23.1 Å². The largest absolute Gasteiger partial charge is 0.508 e. The van der Waals surface area contributed by atoms with E-state index in [-0.39, 0.29) is 28.6 Å². The summed E-state index contributed by atoms with van der Waals surface area (Å²) in [6, 6.07) is 12.8. The number of benzene rings is 2. The zero-order valence-corrected chi connectivity index (χ0v) is 15.1. The van der Waals surface area contributed by atoms with Gasteiger partial charge in [-0.25, -0.2) is 0 Å². The number of aromatic nitrogens is 1. The number of hydrogen-bond acceptors (Lipinski definition) is 7. The van der Waals surface area contributed by atoms with E-state index >= 15 is 0 Å². The third kappa shape index (κ3) is 4.91. The van der Waals surface area contributed by atoms with E-state index in [0.29, 0.717) is 25.1 Å². The fourth-order valence-corrected chi connectivity index (χ4v) is 2.78. The summed E-state index contributed by atoms with van der Waals surface area (Å²) >= 11 is 0. The van der Waals surface area contributed by atoms with Gasteiger partial charge in [0.15, 0.2) is 0 Å². The second-order valence-corrected chi connectivity index (χ2v) is 6.27. The van der Waals surface area contributed by atoms with Crippen molar-refractivity contribution in [3.63, 3.8) is 0 Å². The second kappa shape index (κ2) is 8.77. The molecule has 2 aromatic carbocycles. The van der Waals surface area contributed by atoms with Crippen molar-refractivity contribution in [1.29, 1.82) is 0 Å². The summed E-state index contributed by atoms with van der Waals surface area (Å²) in [6.45, 7) is 0.449. The first-order valence-corrected chi connectivity index (χ1v) is 8.74. The van der Waals surface area contributed by atoms with Crippen LogP contribution in [0.5, 0.6) is 23.0 Å². The molecule has 3 rings (SSSR count). The molecule has 0 unspecified atom stereocenters. The van der Waals surface area contributed by atoms with Crippen LogP contribution in [0.15, 0.2) is 66.0 Å². The molecule has 1 aromatic heterocycles. The van der Waals surface area contributed by atoms with E-state index < -0.39 is 0 Å². The maximum absolute atomic E-state index is 10.2. The Labute approximate surface area is 162 Å². The zero-order chi connectivity index (χ0) is 19.9. The number of hydrogen-bond donors (Lipinski definition) is 5. The SMILES string of the molecule is Oc1ccc(CCC(=NNCc2ccncc2)c2c(O)cc(O)cc2O)cc1. The van der Waals surface area contributed by atoms with Crippen LogP contribution in [-0.2, 0) is 13.0 Å². The van der Waals surface area contributed by atoms with Gasteiger partial charge in [-0.1, -0.05) is 12.1 Å². The molecule has 3 aromatic rings. The molecule has 7 nitrogen and oxygen atoms in total. The van der Waals surface area contributed by atoms with Gasteiger partial charge < -0.3 is 25.9 Å². The molecule has 1 heterocycles. The quantitative estimate of drug-likeness (QED) is 0.318.